The first-order chi connectivity index (χ1) is 9.15. The van der Waals surface area contributed by atoms with Crippen molar-refractivity contribution in [3.63, 3.8) is 0 Å². The molecule has 0 aliphatic heterocycles. The molecule has 1 aromatic carbocycles. The van der Waals surface area contributed by atoms with Crippen molar-refractivity contribution < 1.29 is 23.8 Å². The van der Waals surface area contributed by atoms with Gasteiger partial charge in [-0.1, -0.05) is 0 Å². The minimum atomic E-state index is -1.05. The summed E-state index contributed by atoms with van der Waals surface area (Å²) >= 11 is 0. The van der Waals surface area contributed by atoms with E-state index in [4.69, 9.17) is 14.3 Å². The lowest BCUT2D eigenvalue weighted by molar-refractivity contribution is -0.139. The van der Waals surface area contributed by atoms with Crippen molar-refractivity contribution in [2.45, 2.75) is 0 Å². The summed E-state index contributed by atoms with van der Waals surface area (Å²) in [5.74, 6) is -0.967. The third kappa shape index (κ3) is 3.56. The maximum Gasteiger partial charge on any atom is 0.341 e. The number of aliphatic carboxylic acids is 1. The maximum atomic E-state index is 11.6. The first kappa shape index (κ1) is 12.6. The van der Waals surface area contributed by atoms with E-state index in [0.29, 0.717) is 11.4 Å². The number of benzene rings is 1. The number of hydrogen-bond acceptors (Lipinski definition) is 5. The molecular formula is C12H10N2O5. The van der Waals surface area contributed by atoms with Crippen LogP contribution in [0.4, 0.5) is 5.69 Å². The van der Waals surface area contributed by atoms with Crippen molar-refractivity contribution in [2.75, 3.05) is 11.9 Å². The number of nitrogens with one attached hydrogen (secondary N) is 1. The quantitative estimate of drug-likeness (QED) is 0.844. The van der Waals surface area contributed by atoms with Gasteiger partial charge in [0.25, 0.3) is 5.91 Å². The molecule has 0 saturated carbocycles. The first-order valence-electron chi connectivity index (χ1n) is 5.29. The molecule has 0 aliphatic rings. The lowest BCUT2D eigenvalue weighted by Crippen LogP contribution is -2.11. The van der Waals surface area contributed by atoms with Crippen molar-refractivity contribution in [2.24, 2.45) is 0 Å². The number of aromatic nitrogens is 1. The van der Waals surface area contributed by atoms with Crippen LogP contribution >= 0.6 is 0 Å². The molecule has 1 amide bonds. The molecule has 1 aromatic heterocycles. The largest absolute Gasteiger partial charge is 0.482 e. The predicted molar refractivity (Wildman–Crippen MR) is 64.0 cm³/mol. The Morgan fingerprint density at radius 1 is 1.32 bits per heavy atom. The van der Waals surface area contributed by atoms with Gasteiger partial charge in [0.05, 0.1) is 6.20 Å². The smallest absolute Gasteiger partial charge is 0.341 e. The van der Waals surface area contributed by atoms with Gasteiger partial charge in [-0.15, -0.1) is 0 Å². The van der Waals surface area contributed by atoms with E-state index >= 15 is 0 Å². The van der Waals surface area contributed by atoms with Gasteiger partial charge in [0, 0.05) is 5.69 Å². The summed E-state index contributed by atoms with van der Waals surface area (Å²) in [5.41, 5.74) is 0.532. The molecule has 19 heavy (non-hydrogen) atoms. The molecular weight excluding hydrogens is 252 g/mol. The summed E-state index contributed by atoms with van der Waals surface area (Å²) in [4.78, 5) is 25.6. The zero-order valence-corrected chi connectivity index (χ0v) is 9.70. The highest BCUT2D eigenvalue weighted by atomic mass is 16.5. The zero-order valence-electron chi connectivity index (χ0n) is 9.70. The van der Waals surface area contributed by atoms with Crippen molar-refractivity contribution in [3.8, 4) is 5.75 Å². The van der Waals surface area contributed by atoms with E-state index in [0.717, 1.165) is 6.39 Å². The number of carbonyl (C=O) groups is 2. The number of amides is 1. The van der Waals surface area contributed by atoms with Gasteiger partial charge < -0.3 is 19.6 Å². The molecule has 2 N–H and O–H groups in total. The number of carboxylic acids is 1. The highest BCUT2D eigenvalue weighted by Crippen LogP contribution is 2.16. The standard InChI is InChI=1S/C12H10N2O5/c15-11(16)6-18-9-3-1-8(2-4-9)14-12(17)10-5-13-7-19-10/h1-5,7H,6H2,(H,14,17)(H,15,16). The molecule has 0 atom stereocenters. The average Bonchev–Trinajstić information content (AvgIpc) is 2.92. The molecule has 0 fully saturated rings. The number of carbonyl (C=O) groups excluding carboxylic acids is 1. The molecule has 0 bridgehead atoms. The number of hydrogen-bond donors (Lipinski definition) is 2. The van der Waals surface area contributed by atoms with E-state index in [1.807, 2.05) is 0 Å². The van der Waals surface area contributed by atoms with Gasteiger partial charge in [-0.05, 0) is 24.3 Å². The Labute approximate surface area is 107 Å². The molecule has 0 unspecified atom stereocenters. The SMILES string of the molecule is O=C(O)COc1ccc(NC(=O)c2cnco2)cc1. The van der Waals surface area contributed by atoms with Crippen LogP contribution in [0.25, 0.3) is 0 Å². The Morgan fingerprint density at radius 2 is 2.05 bits per heavy atom. The second kappa shape index (κ2) is 5.67. The molecule has 7 heteroatoms. The predicted octanol–water partition coefficient (Wildman–Crippen LogP) is 1.39. The van der Waals surface area contributed by atoms with Crippen LogP contribution in [0.1, 0.15) is 10.6 Å². The van der Waals surface area contributed by atoms with Crippen molar-refractivity contribution in [1.82, 2.24) is 4.98 Å². The lowest BCUT2D eigenvalue weighted by atomic mass is 10.3. The van der Waals surface area contributed by atoms with Gasteiger partial charge in [0.2, 0.25) is 5.76 Å². The van der Waals surface area contributed by atoms with Crippen molar-refractivity contribution in [1.29, 1.82) is 0 Å². The molecule has 2 aromatic rings. The molecule has 0 radical (unpaired) electrons. The van der Waals surface area contributed by atoms with Crippen LogP contribution in [0.3, 0.4) is 0 Å². The fourth-order valence-corrected chi connectivity index (χ4v) is 1.30. The second-order valence-electron chi connectivity index (χ2n) is 3.53. The summed E-state index contributed by atoms with van der Waals surface area (Å²) in [6.07, 6.45) is 2.47. The monoisotopic (exact) mass is 262 g/mol. The highest BCUT2D eigenvalue weighted by molar-refractivity contribution is 6.01. The zero-order chi connectivity index (χ0) is 13.7. The average molecular weight is 262 g/mol. The van der Waals surface area contributed by atoms with Crippen LogP contribution < -0.4 is 10.1 Å². The van der Waals surface area contributed by atoms with E-state index in [-0.39, 0.29) is 5.76 Å². The van der Waals surface area contributed by atoms with Gasteiger partial charge in [-0.25, -0.2) is 9.78 Å². The summed E-state index contributed by atoms with van der Waals surface area (Å²) in [7, 11) is 0. The normalized spacial score (nSPS) is 9.89. The Balaban J connectivity index is 1.95. The van der Waals surface area contributed by atoms with Gasteiger partial charge in [-0.2, -0.15) is 0 Å². The molecule has 1 heterocycles. The molecule has 0 spiro atoms. The van der Waals surface area contributed by atoms with E-state index in [2.05, 4.69) is 10.3 Å². The number of nitrogens with zero attached hydrogens (tertiary/aromatic N) is 1. The minimum absolute atomic E-state index is 0.103. The topological polar surface area (TPSA) is 102 Å². The van der Waals surface area contributed by atoms with Crippen molar-refractivity contribution in [3.05, 3.63) is 42.6 Å². The number of rotatable bonds is 5. The minimum Gasteiger partial charge on any atom is -0.482 e. The number of oxazole rings is 1. The van der Waals surface area contributed by atoms with E-state index in [1.54, 1.807) is 24.3 Å². The molecule has 0 aliphatic carbocycles. The Kier molecular flexibility index (Phi) is 3.77. The summed E-state index contributed by atoms with van der Waals surface area (Å²) in [6, 6.07) is 6.29. The van der Waals surface area contributed by atoms with Gasteiger partial charge in [0.15, 0.2) is 13.0 Å². The molecule has 0 saturated heterocycles. The van der Waals surface area contributed by atoms with Gasteiger partial charge >= 0.3 is 5.97 Å². The van der Waals surface area contributed by atoms with E-state index in [9.17, 15) is 9.59 Å². The number of ether oxygens (including phenoxy) is 1. The highest BCUT2D eigenvalue weighted by Gasteiger charge is 2.09. The van der Waals surface area contributed by atoms with Crippen LogP contribution in [-0.4, -0.2) is 28.6 Å². The van der Waals surface area contributed by atoms with Crippen LogP contribution in [0.2, 0.25) is 0 Å². The van der Waals surface area contributed by atoms with Crippen LogP contribution in [0, 0.1) is 0 Å². The molecule has 2 rings (SSSR count). The Bertz CT molecular complexity index is 562. The number of anilines is 1. The first-order valence-corrected chi connectivity index (χ1v) is 5.29. The third-order valence-electron chi connectivity index (χ3n) is 2.13. The second-order valence-corrected chi connectivity index (χ2v) is 3.53. The summed E-state index contributed by atoms with van der Waals surface area (Å²) in [6.45, 7) is -0.413. The van der Waals surface area contributed by atoms with Crippen molar-refractivity contribution >= 4 is 17.6 Å². The summed E-state index contributed by atoms with van der Waals surface area (Å²) in [5, 5.41) is 11.0. The number of carboxylic acid groups (broad SMARTS) is 1. The third-order valence-corrected chi connectivity index (χ3v) is 2.13. The fraction of sp³-hybridized carbons (Fsp3) is 0.0833. The van der Waals surface area contributed by atoms with Crippen LogP contribution in [0.5, 0.6) is 5.75 Å². The summed E-state index contributed by atoms with van der Waals surface area (Å²) < 4.78 is 9.80. The van der Waals surface area contributed by atoms with Gasteiger partial charge in [-0.3, -0.25) is 4.79 Å². The molecule has 98 valence electrons. The fourth-order valence-electron chi connectivity index (χ4n) is 1.30. The molecule has 7 nitrogen and oxygen atoms in total. The van der Waals surface area contributed by atoms with Gasteiger partial charge in [0.1, 0.15) is 5.75 Å². The van der Waals surface area contributed by atoms with Crippen LogP contribution in [0.15, 0.2) is 41.3 Å². The Hall–Kier alpha value is -2.83. The Morgan fingerprint density at radius 3 is 2.63 bits per heavy atom. The van der Waals surface area contributed by atoms with E-state index in [1.165, 1.54) is 6.20 Å². The van der Waals surface area contributed by atoms with E-state index < -0.39 is 18.5 Å². The maximum absolute atomic E-state index is 11.6. The lowest BCUT2D eigenvalue weighted by Gasteiger charge is -2.05. The van der Waals surface area contributed by atoms with Crippen LogP contribution in [-0.2, 0) is 4.79 Å².